The number of amides is 1. The van der Waals surface area contributed by atoms with Gasteiger partial charge in [0, 0.05) is 25.2 Å². The van der Waals surface area contributed by atoms with Crippen LogP contribution in [0.1, 0.15) is 51.3 Å². The van der Waals surface area contributed by atoms with Crippen molar-refractivity contribution >= 4 is 6.09 Å². The van der Waals surface area contributed by atoms with Crippen molar-refractivity contribution in [2.75, 3.05) is 13.1 Å². The lowest BCUT2D eigenvalue weighted by atomic mass is 10.0. The van der Waals surface area contributed by atoms with Gasteiger partial charge in [-0.2, -0.15) is 0 Å². The van der Waals surface area contributed by atoms with Crippen LogP contribution in [-0.2, 0) is 4.74 Å². The van der Waals surface area contributed by atoms with E-state index in [1.807, 2.05) is 20.8 Å². The fraction of sp³-hybridized carbons (Fsp3) is 0.611. The van der Waals surface area contributed by atoms with E-state index in [1.54, 1.807) is 4.90 Å². The molecule has 122 valence electrons. The number of carbonyl (C=O) groups excluding carboxylic acids is 1. The molecule has 1 fully saturated rings. The maximum absolute atomic E-state index is 12.1. The number of hydrogen-bond donors (Lipinski definition) is 1. The molecule has 2 atom stereocenters. The zero-order valence-corrected chi connectivity index (χ0v) is 14.3. The maximum atomic E-state index is 12.1. The van der Waals surface area contributed by atoms with E-state index in [0.717, 1.165) is 13.0 Å². The summed E-state index contributed by atoms with van der Waals surface area (Å²) in [4.78, 5) is 13.9. The first-order valence-electron chi connectivity index (χ1n) is 8.06. The number of hydrogen-bond acceptors (Lipinski definition) is 3. The average molecular weight is 304 g/mol. The standard InChI is InChI=1S/C18H28N2O2/c1-13-8-6-7-9-16(13)14(2)19-15-10-11-20(12-15)17(21)22-18(3,4)5/h6-9,14-15,19H,10-12H2,1-5H3/t14-,15?/m0/s1. The molecule has 1 aliphatic heterocycles. The van der Waals surface area contributed by atoms with Crippen LogP contribution in [0, 0.1) is 6.92 Å². The number of rotatable bonds is 3. The molecular weight excluding hydrogens is 276 g/mol. The molecule has 0 radical (unpaired) electrons. The molecular formula is C18H28N2O2. The van der Waals surface area contributed by atoms with Crippen molar-refractivity contribution in [3.8, 4) is 0 Å². The number of ether oxygens (including phenoxy) is 1. The second-order valence-electron chi connectivity index (χ2n) is 7.16. The van der Waals surface area contributed by atoms with Crippen LogP contribution in [0.25, 0.3) is 0 Å². The predicted molar refractivity (Wildman–Crippen MR) is 88.9 cm³/mol. The van der Waals surface area contributed by atoms with Crippen molar-refractivity contribution in [2.45, 2.75) is 58.7 Å². The Morgan fingerprint density at radius 2 is 2.05 bits per heavy atom. The van der Waals surface area contributed by atoms with Crippen LogP contribution in [-0.4, -0.2) is 35.7 Å². The third-order valence-electron chi connectivity index (χ3n) is 3.98. The molecule has 0 aliphatic carbocycles. The summed E-state index contributed by atoms with van der Waals surface area (Å²) >= 11 is 0. The quantitative estimate of drug-likeness (QED) is 0.926. The van der Waals surface area contributed by atoms with Gasteiger partial charge in [-0.15, -0.1) is 0 Å². The van der Waals surface area contributed by atoms with Crippen LogP contribution >= 0.6 is 0 Å². The second kappa shape index (κ2) is 6.69. The van der Waals surface area contributed by atoms with Crippen LogP contribution < -0.4 is 5.32 Å². The van der Waals surface area contributed by atoms with E-state index in [1.165, 1.54) is 11.1 Å². The first-order valence-corrected chi connectivity index (χ1v) is 8.06. The highest BCUT2D eigenvalue weighted by atomic mass is 16.6. The van der Waals surface area contributed by atoms with Gasteiger partial charge in [0.05, 0.1) is 0 Å². The molecule has 0 aromatic heterocycles. The lowest BCUT2D eigenvalue weighted by molar-refractivity contribution is 0.0290. The second-order valence-corrected chi connectivity index (χ2v) is 7.16. The van der Waals surface area contributed by atoms with Gasteiger partial charge < -0.3 is 15.0 Å². The van der Waals surface area contributed by atoms with Crippen molar-refractivity contribution in [1.29, 1.82) is 0 Å². The van der Waals surface area contributed by atoms with Gasteiger partial charge in [0.1, 0.15) is 5.60 Å². The van der Waals surface area contributed by atoms with E-state index in [-0.39, 0.29) is 12.1 Å². The Morgan fingerprint density at radius 3 is 2.68 bits per heavy atom. The minimum Gasteiger partial charge on any atom is -0.444 e. The topological polar surface area (TPSA) is 41.6 Å². The highest BCUT2D eigenvalue weighted by Gasteiger charge is 2.30. The molecule has 1 saturated heterocycles. The number of nitrogens with zero attached hydrogens (tertiary/aromatic N) is 1. The highest BCUT2D eigenvalue weighted by molar-refractivity contribution is 5.68. The Hall–Kier alpha value is -1.55. The van der Waals surface area contributed by atoms with E-state index in [4.69, 9.17) is 4.74 Å². The first kappa shape index (κ1) is 16.8. The van der Waals surface area contributed by atoms with Crippen molar-refractivity contribution in [2.24, 2.45) is 0 Å². The zero-order valence-electron chi connectivity index (χ0n) is 14.3. The molecule has 22 heavy (non-hydrogen) atoms. The van der Waals surface area contributed by atoms with Crippen molar-refractivity contribution in [1.82, 2.24) is 10.2 Å². The SMILES string of the molecule is Cc1ccccc1[C@H](C)NC1CCN(C(=O)OC(C)(C)C)C1. The minimum atomic E-state index is -0.433. The molecule has 1 heterocycles. The summed E-state index contributed by atoms with van der Waals surface area (Å²) in [6.07, 6.45) is 0.760. The molecule has 4 nitrogen and oxygen atoms in total. The maximum Gasteiger partial charge on any atom is 0.410 e. The zero-order chi connectivity index (χ0) is 16.3. The monoisotopic (exact) mass is 304 g/mol. The summed E-state index contributed by atoms with van der Waals surface area (Å²) in [6.45, 7) is 11.5. The summed E-state index contributed by atoms with van der Waals surface area (Å²) in [5, 5.41) is 3.63. The fourth-order valence-electron chi connectivity index (χ4n) is 2.90. The third-order valence-corrected chi connectivity index (χ3v) is 3.98. The Kier molecular flexibility index (Phi) is 5.12. The normalized spacial score (nSPS) is 20.0. The smallest absolute Gasteiger partial charge is 0.410 e. The van der Waals surface area contributed by atoms with Gasteiger partial charge in [-0.3, -0.25) is 0 Å². The number of aryl methyl sites for hydroxylation is 1. The Labute approximate surface area is 133 Å². The van der Waals surface area contributed by atoms with Gasteiger partial charge in [-0.1, -0.05) is 24.3 Å². The lowest BCUT2D eigenvalue weighted by Gasteiger charge is -2.25. The van der Waals surface area contributed by atoms with Crippen LogP contribution in [0.5, 0.6) is 0 Å². The summed E-state index contributed by atoms with van der Waals surface area (Å²) in [5.41, 5.74) is 2.18. The molecule has 1 aliphatic rings. The molecule has 0 saturated carbocycles. The first-order chi connectivity index (χ1) is 10.3. The van der Waals surface area contributed by atoms with Gasteiger partial charge in [0.15, 0.2) is 0 Å². The Morgan fingerprint density at radius 1 is 1.36 bits per heavy atom. The molecule has 0 bridgehead atoms. The van der Waals surface area contributed by atoms with E-state index >= 15 is 0 Å². The van der Waals surface area contributed by atoms with Crippen molar-refractivity contribution in [3.05, 3.63) is 35.4 Å². The van der Waals surface area contributed by atoms with E-state index in [0.29, 0.717) is 12.6 Å². The largest absolute Gasteiger partial charge is 0.444 e. The Bertz CT molecular complexity index is 522. The summed E-state index contributed by atoms with van der Waals surface area (Å²) < 4.78 is 5.44. The van der Waals surface area contributed by atoms with E-state index in [2.05, 4.69) is 43.4 Å². The van der Waals surface area contributed by atoms with E-state index in [9.17, 15) is 4.79 Å². The number of likely N-dealkylation sites (tertiary alicyclic amines) is 1. The van der Waals surface area contributed by atoms with Gasteiger partial charge >= 0.3 is 6.09 Å². The summed E-state index contributed by atoms with van der Waals surface area (Å²) in [6, 6.07) is 9.03. The van der Waals surface area contributed by atoms with Gasteiger partial charge in [0.25, 0.3) is 0 Å². The third kappa shape index (κ3) is 4.47. The molecule has 1 amide bonds. The predicted octanol–water partition coefficient (Wildman–Crippen LogP) is 3.66. The average Bonchev–Trinajstić information content (AvgIpc) is 2.85. The van der Waals surface area contributed by atoms with Crippen LogP contribution in [0.4, 0.5) is 4.79 Å². The van der Waals surface area contributed by atoms with Gasteiger partial charge in [-0.25, -0.2) is 4.79 Å². The van der Waals surface area contributed by atoms with Crippen LogP contribution in [0.3, 0.4) is 0 Å². The molecule has 1 aromatic carbocycles. The Balaban J connectivity index is 1.89. The molecule has 4 heteroatoms. The van der Waals surface area contributed by atoms with Crippen molar-refractivity contribution < 1.29 is 9.53 Å². The van der Waals surface area contributed by atoms with Crippen LogP contribution in [0.2, 0.25) is 0 Å². The van der Waals surface area contributed by atoms with E-state index < -0.39 is 5.60 Å². The number of nitrogens with one attached hydrogen (secondary N) is 1. The summed E-state index contributed by atoms with van der Waals surface area (Å²) in [7, 11) is 0. The highest BCUT2D eigenvalue weighted by Crippen LogP contribution is 2.21. The molecule has 0 spiro atoms. The van der Waals surface area contributed by atoms with Crippen LogP contribution in [0.15, 0.2) is 24.3 Å². The number of benzene rings is 1. The van der Waals surface area contributed by atoms with Gasteiger partial charge in [0.2, 0.25) is 0 Å². The van der Waals surface area contributed by atoms with Crippen molar-refractivity contribution in [3.63, 3.8) is 0 Å². The minimum absolute atomic E-state index is 0.208. The molecule has 2 rings (SSSR count). The molecule has 1 aromatic rings. The molecule has 1 N–H and O–H groups in total. The summed E-state index contributed by atoms with van der Waals surface area (Å²) in [5.74, 6) is 0. The molecule has 1 unspecified atom stereocenters. The fourth-order valence-corrected chi connectivity index (χ4v) is 2.90. The number of carbonyl (C=O) groups is 1. The van der Waals surface area contributed by atoms with Gasteiger partial charge in [-0.05, 0) is 52.2 Å². The lowest BCUT2D eigenvalue weighted by Crippen LogP contribution is -2.39.